The van der Waals surface area contributed by atoms with Crippen molar-refractivity contribution in [2.75, 3.05) is 26.4 Å². The molecule has 512 valence electrons. The van der Waals surface area contributed by atoms with Gasteiger partial charge in [0.25, 0.3) is 17.7 Å². The van der Waals surface area contributed by atoms with Gasteiger partial charge in [-0.1, -0.05) is 78.9 Å². The molecule has 0 saturated heterocycles. The molecule has 18 heteroatoms. The monoisotopic (exact) mass is 1320 g/mol. The number of allylic oxidation sites excluding steroid dienone is 1. The average Bonchev–Trinajstić information content (AvgIpc) is 1.46. The Morgan fingerprint density at radius 2 is 0.959 bits per heavy atom. The van der Waals surface area contributed by atoms with Crippen molar-refractivity contribution >= 4 is 35.6 Å². The zero-order valence-corrected chi connectivity index (χ0v) is 57.0. The lowest BCUT2D eigenvalue weighted by atomic mass is 9.49. The van der Waals surface area contributed by atoms with Gasteiger partial charge < -0.3 is 30.2 Å². The Morgan fingerprint density at radius 3 is 1.48 bits per heavy atom. The molecule has 3 aromatic heterocycles. The summed E-state index contributed by atoms with van der Waals surface area (Å²) in [4.78, 5) is 77.9. The van der Waals surface area contributed by atoms with Gasteiger partial charge in [0.1, 0.15) is 0 Å². The molecule has 4 atom stereocenters. The van der Waals surface area contributed by atoms with Gasteiger partial charge in [-0.3, -0.25) is 33.4 Å². The number of benzene rings is 3. The molecule has 18 nitrogen and oxygen atoms in total. The molecule has 3 aromatic carbocycles. The number of ether oxygens (including phenoxy) is 3. The van der Waals surface area contributed by atoms with Gasteiger partial charge in [0.2, 0.25) is 0 Å². The smallest absolute Gasteiger partial charge is 0.311 e. The van der Waals surface area contributed by atoms with Crippen LogP contribution < -0.4 is 16.0 Å². The van der Waals surface area contributed by atoms with E-state index < -0.39 is 0 Å². The second kappa shape index (κ2) is 28.7. The third-order valence-corrected chi connectivity index (χ3v) is 23.4. The number of amides is 3. The number of aromatic nitrogens is 6. The van der Waals surface area contributed by atoms with Crippen LogP contribution in [-0.2, 0) is 73.7 Å². The minimum atomic E-state index is -0.346. The van der Waals surface area contributed by atoms with Crippen molar-refractivity contribution < 1.29 is 43.0 Å². The Hall–Kier alpha value is -8.15. The van der Waals surface area contributed by atoms with Gasteiger partial charge in [0, 0.05) is 51.9 Å². The predicted octanol–water partition coefficient (Wildman–Crippen LogP) is 12.2. The lowest BCUT2D eigenvalue weighted by molar-refractivity contribution is -0.149. The second-order valence-corrected chi connectivity index (χ2v) is 30.2. The number of carbonyl (C=O) groups excluding carboxylic acids is 6. The van der Waals surface area contributed by atoms with E-state index in [1.54, 1.807) is 6.92 Å². The number of fused-ring (bicyclic) bond motifs is 3. The highest BCUT2D eigenvalue weighted by atomic mass is 16.5. The van der Waals surface area contributed by atoms with Crippen LogP contribution in [0.4, 0.5) is 0 Å². The van der Waals surface area contributed by atoms with Gasteiger partial charge >= 0.3 is 17.9 Å². The van der Waals surface area contributed by atoms with E-state index in [9.17, 15) is 28.8 Å². The molecule has 6 aromatic rings. The van der Waals surface area contributed by atoms with Crippen LogP contribution in [-0.4, -0.2) is 103 Å². The molecule has 3 N–H and O–H groups in total. The van der Waals surface area contributed by atoms with E-state index in [0.717, 1.165) is 139 Å². The molecule has 12 aliphatic rings. The van der Waals surface area contributed by atoms with Crippen LogP contribution in [0.1, 0.15) is 207 Å². The SMILES string of the molecule is CCOC(=O)C1CC=CCC1NC(=O)c1nn(Cc2ccccc2)c2c1CCCC2.CCOC(=O)C1CCc2c(c(C(=O)NC34CC5CC(CC(C5)C3)C4)nn2-c2ccccc2)C1.CCOC(=O)C1CCc2c(c(C(=O)NCC34CC5CC(CC(C5)C3)C4)nn2-c2ccccc2)C1. The van der Waals surface area contributed by atoms with E-state index in [4.69, 9.17) is 29.5 Å². The first-order chi connectivity index (χ1) is 47.2. The molecule has 8 saturated carbocycles. The first kappa shape index (κ1) is 66.1. The molecule has 18 rings (SSSR count). The second-order valence-electron chi connectivity index (χ2n) is 30.2. The summed E-state index contributed by atoms with van der Waals surface area (Å²) in [5, 5.41) is 24.3. The molecule has 3 amide bonds. The first-order valence-corrected chi connectivity index (χ1v) is 36.8. The van der Waals surface area contributed by atoms with E-state index >= 15 is 0 Å². The summed E-state index contributed by atoms with van der Waals surface area (Å²) in [5.41, 5.74) is 10.9. The number of hydrogen-bond donors (Lipinski definition) is 3. The van der Waals surface area contributed by atoms with E-state index in [0.29, 0.717) is 82.0 Å². The van der Waals surface area contributed by atoms with Crippen molar-refractivity contribution in [3.8, 4) is 11.4 Å². The molecule has 8 fully saturated rings. The molecule has 3 heterocycles. The van der Waals surface area contributed by atoms with Crippen LogP contribution in [0.15, 0.2) is 103 Å². The molecule has 8 bridgehead atoms. The number of para-hydroxylation sites is 2. The van der Waals surface area contributed by atoms with Crippen molar-refractivity contribution in [3.05, 3.63) is 160 Å². The Kier molecular flexibility index (Phi) is 19.6. The first-order valence-electron chi connectivity index (χ1n) is 36.8. The lowest BCUT2D eigenvalue weighted by Gasteiger charge is -2.56. The maximum Gasteiger partial charge on any atom is 0.311 e. The fraction of sp³-hybridized carbons (Fsp3) is 0.557. The zero-order valence-electron chi connectivity index (χ0n) is 57.0. The molecule has 4 unspecified atom stereocenters. The van der Waals surface area contributed by atoms with Crippen LogP contribution in [0.3, 0.4) is 0 Å². The third-order valence-electron chi connectivity index (χ3n) is 23.4. The van der Waals surface area contributed by atoms with Gasteiger partial charge in [-0.2, -0.15) is 15.3 Å². The third kappa shape index (κ3) is 14.2. The maximum atomic E-state index is 13.7. The lowest BCUT2D eigenvalue weighted by Crippen LogP contribution is -2.60. The van der Waals surface area contributed by atoms with E-state index in [-0.39, 0.29) is 70.4 Å². The number of carbonyl (C=O) groups is 6. The highest BCUT2D eigenvalue weighted by Crippen LogP contribution is 2.60. The number of esters is 3. The van der Waals surface area contributed by atoms with Crippen molar-refractivity contribution in [3.63, 3.8) is 0 Å². The minimum Gasteiger partial charge on any atom is -0.466 e. The standard InChI is InChI=1S/C28H35N3O3.C27H33N3O3.C24H29N3O3/c1-2-34-27(33)21-8-9-24-23(13-21)25(30-31(24)22-6-4-3-5-7-22)26(32)29-17-28-14-18-10-19(15-28)12-20(11-18)16-28;1-2-33-26(32)20-8-9-23-22(13-20)24(29-30(23)21-6-4-3-5-7-21)25(31)28-27-14-17-10-18(15-27)12-19(11-17)16-27;1-2-30-24(29)18-12-6-8-14-20(18)25-23(28)22-19-13-7-9-15-21(19)27(26-22)16-17-10-4-3-5-11-17/h3-7,18-21H,2,8-17H2,1H3,(H,29,32);3-7,17-20H,2,8-16H2,1H3,(H,28,31);3-6,8,10-11,18,20H,2,7,9,12-16H2,1H3,(H,25,28). The van der Waals surface area contributed by atoms with Crippen molar-refractivity contribution in [1.29, 1.82) is 0 Å². The number of nitrogens with one attached hydrogen (secondary N) is 3. The fourth-order valence-electron chi connectivity index (χ4n) is 20.0. The highest BCUT2D eigenvalue weighted by molar-refractivity contribution is 5.96. The zero-order chi connectivity index (χ0) is 66.8. The molecule has 0 spiro atoms. The van der Waals surface area contributed by atoms with E-state index in [2.05, 4.69) is 28.1 Å². The number of nitrogens with zero attached hydrogens (tertiary/aromatic N) is 6. The molecular weight excluding hydrogens is 1220 g/mol. The maximum absolute atomic E-state index is 13.7. The van der Waals surface area contributed by atoms with Gasteiger partial charge in [0.15, 0.2) is 17.1 Å². The summed E-state index contributed by atoms with van der Waals surface area (Å²) >= 11 is 0. The summed E-state index contributed by atoms with van der Waals surface area (Å²) in [6.07, 6.45) is 28.5. The Balaban J connectivity index is 0.000000125. The molecule has 0 radical (unpaired) electrons. The van der Waals surface area contributed by atoms with E-state index in [1.807, 2.05) is 119 Å². The van der Waals surface area contributed by atoms with Crippen LogP contribution in [0.2, 0.25) is 0 Å². The number of hydrogen-bond acceptors (Lipinski definition) is 12. The normalized spacial score (nSPS) is 28.1. The predicted molar refractivity (Wildman–Crippen MR) is 367 cm³/mol. The summed E-state index contributed by atoms with van der Waals surface area (Å²) < 4.78 is 21.7. The molecule has 97 heavy (non-hydrogen) atoms. The van der Waals surface area contributed by atoms with Gasteiger partial charge in [-0.15, -0.1) is 0 Å². The summed E-state index contributed by atoms with van der Waals surface area (Å²) in [6, 6.07) is 29.9. The summed E-state index contributed by atoms with van der Waals surface area (Å²) in [5.74, 6) is 3.19. The average molecular weight is 1320 g/mol. The fourth-order valence-corrected chi connectivity index (χ4v) is 20.0. The minimum absolute atomic E-state index is 0.0626. The van der Waals surface area contributed by atoms with Crippen LogP contribution in [0, 0.1) is 58.7 Å². The Labute approximate surface area is 570 Å². The summed E-state index contributed by atoms with van der Waals surface area (Å²) in [7, 11) is 0. The Bertz CT molecular complexity index is 3820. The molecule has 0 aliphatic heterocycles. The van der Waals surface area contributed by atoms with E-state index in [1.165, 1.54) is 69.0 Å². The quantitative estimate of drug-likeness (QED) is 0.0441. The van der Waals surface area contributed by atoms with Crippen LogP contribution in [0.25, 0.3) is 11.4 Å². The summed E-state index contributed by atoms with van der Waals surface area (Å²) in [6.45, 7) is 7.99. The number of rotatable bonds is 17. The van der Waals surface area contributed by atoms with Gasteiger partial charge in [-0.25, -0.2) is 9.36 Å². The van der Waals surface area contributed by atoms with Crippen LogP contribution in [0.5, 0.6) is 0 Å². The Morgan fingerprint density at radius 1 is 0.495 bits per heavy atom. The van der Waals surface area contributed by atoms with Crippen molar-refractivity contribution in [2.24, 2.45) is 58.7 Å². The molecular formula is C79H97N9O9. The topological polar surface area (TPSA) is 220 Å². The largest absolute Gasteiger partial charge is 0.466 e. The van der Waals surface area contributed by atoms with Gasteiger partial charge in [-0.05, 0) is 246 Å². The van der Waals surface area contributed by atoms with Gasteiger partial charge in [0.05, 0.1) is 55.5 Å². The van der Waals surface area contributed by atoms with Crippen molar-refractivity contribution in [2.45, 2.75) is 193 Å². The molecule has 12 aliphatic carbocycles. The highest BCUT2D eigenvalue weighted by Gasteiger charge is 2.53. The van der Waals surface area contributed by atoms with Crippen LogP contribution >= 0.6 is 0 Å². The van der Waals surface area contributed by atoms with Crippen molar-refractivity contribution in [1.82, 2.24) is 45.3 Å².